The molecule has 7 nitrogen and oxygen atoms in total. The molecule has 8 heteroatoms. The van der Waals surface area contributed by atoms with Gasteiger partial charge in [0.15, 0.2) is 10.9 Å². The molecule has 1 heterocycles. The SMILES string of the molecule is COc1ccc(C(C)=O)cc1CSc1nc2cc(C(=O)[O-])ccc2c(=O)n1Cc1ccccc1. The van der Waals surface area contributed by atoms with Crippen LogP contribution in [0.1, 0.15) is 38.8 Å². The highest BCUT2D eigenvalue weighted by molar-refractivity contribution is 7.98. The number of carbonyl (C=O) groups excluding carboxylic acids is 2. The van der Waals surface area contributed by atoms with Crippen molar-refractivity contribution in [1.29, 1.82) is 0 Å². The average Bonchev–Trinajstić information content (AvgIpc) is 2.84. The minimum atomic E-state index is -1.34. The van der Waals surface area contributed by atoms with Crippen molar-refractivity contribution in [2.24, 2.45) is 0 Å². The van der Waals surface area contributed by atoms with Gasteiger partial charge in [-0.25, -0.2) is 4.98 Å². The van der Waals surface area contributed by atoms with Crippen LogP contribution in [0.5, 0.6) is 5.75 Å². The van der Waals surface area contributed by atoms with Gasteiger partial charge in [-0.05, 0) is 48.4 Å². The Labute approximate surface area is 200 Å². The number of ether oxygens (including phenoxy) is 1. The van der Waals surface area contributed by atoms with E-state index in [-0.39, 0.29) is 22.4 Å². The molecule has 4 rings (SSSR count). The molecule has 0 spiro atoms. The number of fused-ring (bicyclic) bond motifs is 1. The summed E-state index contributed by atoms with van der Waals surface area (Å²) in [6.45, 7) is 1.80. The number of hydrogen-bond donors (Lipinski definition) is 0. The number of aromatic carboxylic acids is 1. The molecule has 0 bridgehead atoms. The van der Waals surface area contributed by atoms with Gasteiger partial charge < -0.3 is 14.6 Å². The fourth-order valence-corrected chi connectivity index (χ4v) is 4.57. The molecule has 0 aliphatic rings. The monoisotopic (exact) mass is 473 g/mol. The number of benzene rings is 3. The van der Waals surface area contributed by atoms with E-state index in [1.807, 2.05) is 30.3 Å². The maximum absolute atomic E-state index is 13.4. The van der Waals surface area contributed by atoms with Crippen LogP contribution in [0, 0.1) is 0 Å². The summed E-state index contributed by atoms with van der Waals surface area (Å²) in [4.78, 5) is 41.2. The second-order valence-corrected chi connectivity index (χ2v) is 8.60. The lowest BCUT2D eigenvalue weighted by Gasteiger charge is -2.15. The quantitative estimate of drug-likeness (QED) is 0.220. The molecule has 0 radical (unpaired) electrons. The van der Waals surface area contributed by atoms with E-state index in [0.717, 1.165) is 11.1 Å². The average molecular weight is 474 g/mol. The lowest BCUT2D eigenvalue weighted by Crippen LogP contribution is -2.25. The second-order valence-electron chi connectivity index (χ2n) is 7.66. The van der Waals surface area contributed by atoms with Crippen molar-refractivity contribution in [2.75, 3.05) is 7.11 Å². The molecule has 0 fully saturated rings. The summed E-state index contributed by atoms with van der Waals surface area (Å²) in [5, 5.41) is 12.1. The number of rotatable bonds is 8. The molecule has 1 aromatic heterocycles. The smallest absolute Gasteiger partial charge is 0.262 e. The van der Waals surface area contributed by atoms with Gasteiger partial charge in [-0.1, -0.05) is 48.2 Å². The van der Waals surface area contributed by atoms with Crippen LogP contribution in [0.4, 0.5) is 0 Å². The van der Waals surface area contributed by atoms with Crippen molar-refractivity contribution in [3.05, 3.63) is 99.3 Å². The number of nitrogens with zero attached hydrogens (tertiary/aromatic N) is 2. The molecular weight excluding hydrogens is 452 g/mol. The summed E-state index contributed by atoms with van der Waals surface area (Å²) in [5.41, 5.74) is 2.23. The van der Waals surface area contributed by atoms with E-state index < -0.39 is 5.97 Å². The normalized spacial score (nSPS) is 10.9. The van der Waals surface area contributed by atoms with Crippen LogP contribution >= 0.6 is 11.8 Å². The van der Waals surface area contributed by atoms with Gasteiger partial charge in [0, 0.05) is 16.9 Å². The van der Waals surface area contributed by atoms with Crippen LogP contribution in [0.3, 0.4) is 0 Å². The number of Topliss-reactive ketones (excluding diaryl/α,β-unsaturated/α-hetero) is 1. The van der Waals surface area contributed by atoms with E-state index in [9.17, 15) is 19.5 Å². The van der Waals surface area contributed by atoms with E-state index >= 15 is 0 Å². The van der Waals surface area contributed by atoms with E-state index in [1.165, 1.54) is 36.9 Å². The van der Waals surface area contributed by atoms with Crippen molar-refractivity contribution in [2.45, 2.75) is 24.4 Å². The first-order chi connectivity index (χ1) is 16.4. The van der Waals surface area contributed by atoms with E-state index in [4.69, 9.17) is 4.74 Å². The third kappa shape index (κ3) is 4.87. The van der Waals surface area contributed by atoms with E-state index in [2.05, 4.69) is 4.98 Å². The molecule has 0 atom stereocenters. The molecule has 34 heavy (non-hydrogen) atoms. The predicted molar refractivity (Wildman–Crippen MR) is 128 cm³/mol. The molecule has 0 aliphatic carbocycles. The number of hydrogen-bond acceptors (Lipinski definition) is 7. The molecule has 0 aliphatic heterocycles. The first kappa shape index (κ1) is 23.3. The molecular formula is C26H21N2O5S-. The Morgan fingerprint density at radius 3 is 2.44 bits per heavy atom. The highest BCUT2D eigenvalue weighted by Crippen LogP contribution is 2.29. The zero-order valence-corrected chi connectivity index (χ0v) is 19.4. The Morgan fingerprint density at radius 1 is 1.03 bits per heavy atom. The number of methoxy groups -OCH3 is 1. The summed E-state index contributed by atoms with van der Waals surface area (Å²) in [7, 11) is 1.55. The zero-order chi connectivity index (χ0) is 24.2. The van der Waals surface area contributed by atoms with Crippen LogP contribution in [0.2, 0.25) is 0 Å². The topological polar surface area (TPSA) is 101 Å². The first-order valence-corrected chi connectivity index (χ1v) is 11.5. The highest BCUT2D eigenvalue weighted by Gasteiger charge is 2.15. The second kappa shape index (κ2) is 9.93. The third-order valence-electron chi connectivity index (χ3n) is 5.38. The highest BCUT2D eigenvalue weighted by atomic mass is 32.2. The van der Waals surface area contributed by atoms with Crippen LogP contribution < -0.4 is 15.4 Å². The maximum Gasteiger partial charge on any atom is 0.262 e. The number of aromatic nitrogens is 2. The van der Waals surface area contributed by atoms with Crippen molar-refractivity contribution < 1.29 is 19.4 Å². The molecule has 0 unspecified atom stereocenters. The van der Waals surface area contributed by atoms with E-state index in [1.54, 1.807) is 29.9 Å². The van der Waals surface area contributed by atoms with Crippen molar-refractivity contribution in [3.8, 4) is 5.75 Å². The molecule has 0 N–H and O–H groups in total. The van der Waals surface area contributed by atoms with Crippen LogP contribution in [-0.2, 0) is 12.3 Å². The van der Waals surface area contributed by atoms with Gasteiger partial charge in [0.1, 0.15) is 5.75 Å². The number of thioether (sulfide) groups is 1. The molecule has 4 aromatic rings. The fourth-order valence-electron chi connectivity index (χ4n) is 3.60. The summed E-state index contributed by atoms with van der Waals surface area (Å²) < 4.78 is 7.02. The number of carboxylic acids is 1. The third-order valence-corrected chi connectivity index (χ3v) is 6.41. The molecule has 172 valence electrons. The Balaban J connectivity index is 1.80. The minimum Gasteiger partial charge on any atom is -0.545 e. The zero-order valence-electron chi connectivity index (χ0n) is 18.6. The minimum absolute atomic E-state index is 0.0491. The Morgan fingerprint density at radius 2 is 1.76 bits per heavy atom. The van der Waals surface area contributed by atoms with Crippen molar-refractivity contribution in [1.82, 2.24) is 9.55 Å². The predicted octanol–water partition coefficient (Wildman–Crippen LogP) is 3.31. The fraction of sp³-hybridized carbons (Fsp3) is 0.154. The first-order valence-electron chi connectivity index (χ1n) is 10.5. The summed E-state index contributed by atoms with van der Waals surface area (Å²) in [6.07, 6.45) is 0. The number of ketones is 1. The number of carbonyl (C=O) groups is 2. The van der Waals surface area contributed by atoms with Gasteiger partial charge in [0.25, 0.3) is 5.56 Å². The largest absolute Gasteiger partial charge is 0.545 e. The number of carboxylic acid groups (broad SMARTS) is 1. The van der Waals surface area contributed by atoms with Crippen molar-refractivity contribution >= 4 is 34.4 Å². The lowest BCUT2D eigenvalue weighted by atomic mass is 10.1. The van der Waals surface area contributed by atoms with E-state index in [0.29, 0.717) is 34.2 Å². The maximum atomic E-state index is 13.4. The molecule has 3 aromatic carbocycles. The van der Waals surface area contributed by atoms with Gasteiger partial charge in [-0.2, -0.15) is 0 Å². The molecule has 0 amide bonds. The van der Waals surface area contributed by atoms with Gasteiger partial charge in [0.2, 0.25) is 0 Å². The standard InChI is InChI=1S/C26H22N2O5S/c1-16(29)18-9-11-23(33-2)20(12-18)15-34-26-27-22-13-19(25(31)32)8-10-21(22)24(30)28(26)14-17-6-4-3-5-7-17/h3-13H,14-15H2,1-2H3,(H,31,32)/p-1. The Hall–Kier alpha value is -3.91. The van der Waals surface area contributed by atoms with Crippen LogP contribution in [0.25, 0.3) is 10.9 Å². The molecule has 0 saturated carbocycles. The summed E-state index contributed by atoms with van der Waals surface area (Å²) in [6, 6.07) is 18.9. The van der Waals surface area contributed by atoms with Gasteiger partial charge in [0.05, 0.1) is 30.5 Å². The summed E-state index contributed by atoms with van der Waals surface area (Å²) in [5.74, 6) is -0.392. The van der Waals surface area contributed by atoms with Crippen molar-refractivity contribution in [3.63, 3.8) is 0 Å². The lowest BCUT2D eigenvalue weighted by molar-refractivity contribution is -0.255. The van der Waals surface area contributed by atoms with Gasteiger partial charge in [-0.15, -0.1) is 0 Å². The van der Waals surface area contributed by atoms with Crippen LogP contribution in [0.15, 0.2) is 76.7 Å². The summed E-state index contributed by atoms with van der Waals surface area (Å²) >= 11 is 1.31. The Bertz CT molecular complexity index is 1450. The van der Waals surface area contributed by atoms with Gasteiger partial charge in [-0.3, -0.25) is 14.2 Å². The molecule has 0 saturated heterocycles. The van der Waals surface area contributed by atoms with Crippen LogP contribution in [-0.4, -0.2) is 28.4 Å². The van der Waals surface area contributed by atoms with Gasteiger partial charge >= 0.3 is 0 Å². The Kier molecular flexibility index (Phi) is 6.79.